The summed E-state index contributed by atoms with van der Waals surface area (Å²) in [5.41, 5.74) is 0. The summed E-state index contributed by atoms with van der Waals surface area (Å²) in [4.78, 5) is 3.94. The molecule has 1 unspecified atom stereocenters. The first-order valence-electron chi connectivity index (χ1n) is 4.66. The van der Waals surface area contributed by atoms with Gasteiger partial charge in [-0.05, 0) is 13.0 Å². The molecule has 1 aromatic rings. The Bertz CT molecular complexity index is 211. The van der Waals surface area contributed by atoms with Crippen molar-refractivity contribution in [1.29, 1.82) is 0 Å². The maximum Gasteiger partial charge on any atom is 0.0946 e. The first kappa shape index (κ1) is 10.2. The number of imidazole rings is 1. The fraction of sp³-hybridized carbons (Fsp3) is 0.667. The highest BCUT2D eigenvalue weighted by molar-refractivity contribution is 4.77. The molecule has 4 nitrogen and oxygen atoms in total. The van der Waals surface area contributed by atoms with Crippen LogP contribution in [0.2, 0.25) is 0 Å². The van der Waals surface area contributed by atoms with Crippen LogP contribution in [-0.2, 0) is 6.54 Å². The van der Waals surface area contributed by atoms with Crippen LogP contribution in [0.4, 0.5) is 0 Å². The summed E-state index contributed by atoms with van der Waals surface area (Å²) in [6.45, 7) is 3.99. The van der Waals surface area contributed by atoms with Gasteiger partial charge in [-0.3, -0.25) is 0 Å². The maximum absolute atomic E-state index is 9.06. The molecule has 0 bridgehead atoms. The van der Waals surface area contributed by atoms with Gasteiger partial charge in [-0.2, -0.15) is 0 Å². The molecule has 1 rings (SSSR count). The van der Waals surface area contributed by atoms with Crippen molar-refractivity contribution in [2.45, 2.75) is 25.9 Å². The highest BCUT2D eigenvalue weighted by Crippen LogP contribution is 1.91. The van der Waals surface area contributed by atoms with Crippen LogP contribution in [-0.4, -0.2) is 33.9 Å². The highest BCUT2D eigenvalue weighted by Gasteiger charge is 2.05. The third-order valence-corrected chi connectivity index (χ3v) is 1.89. The summed E-state index contributed by atoms with van der Waals surface area (Å²) in [7, 11) is 0. The molecular formula is C9H17N3O. The van der Waals surface area contributed by atoms with E-state index in [0.29, 0.717) is 0 Å². The number of nitrogens with one attached hydrogen (secondary N) is 1. The molecule has 0 fully saturated rings. The van der Waals surface area contributed by atoms with Gasteiger partial charge in [0, 0.05) is 25.0 Å². The topological polar surface area (TPSA) is 50.1 Å². The van der Waals surface area contributed by atoms with Crippen molar-refractivity contribution < 1.29 is 5.11 Å². The van der Waals surface area contributed by atoms with Gasteiger partial charge in [-0.1, -0.05) is 6.92 Å². The largest absolute Gasteiger partial charge is 0.395 e. The molecule has 2 N–H and O–H groups in total. The molecule has 0 aliphatic rings. The van der Waals surface area contributed by atoms with Gasteiger partial charge in [0.25, 0.3) is 0 Å². The van der Waals surface area contributed by atoms with Crippen LogP contribution < -0.4 is 5.32 Å². The van der Waals surface area contributed by atoms with E-state index in [4.69, 9.17) is 5.11 Å². The molecular weight excluding hydrogens is 166 g/mol. The predicted molar refractivity (Wildman–Crippen MR) is 51.4 cm³/mol. The highest BCUT2D eigenvalue weighted by atomic mass is 16.3. The van der Waals surface area contributed by atoms with Crippen LogP contribution in [0.15, 0.2) is 18.7 Å². The fourth-order valence-corrected chi connectivity index (χ4v) is 1.18. The van der Waals surface area contributed by atoms with Crippen molar-refractivity contribution in [1.82, 2.24) is 14.9 Å². The van der Waals surface area contributed by atoms with Crippen LogP contribution in [0.5, 0.6) is 0 Å². The zero-order valence-corrected chi connectivity index (χ0v) is 7.98. The molecule has 4 heteroatoms. The molecule has 0 spiro atoms. The van der Waals surface area contributed by atoms with Crippen LogP contribution in [0.1, 0.15) is 13.3 Å². The summed E-state index contributed by atoms with van der Waals surface area (Å²) < 4.78 is 1.96. The number of nitrogens with zero attached hydrogens (tertiary/aromatic N) is 2. The minimum atomic E-state index is 0.133. The van der Waals surface area contributed by atoms with Gasteiger partial charge in [0.2, 0.25) is 0 Å². The summed E-state index contributed by atoms with van der Waals surface area (Å²) in [6.07, 6.45) is 6.49. The maximum atomic E-state index is 9.06. The molecule has 0 aliphatic carbocycles. The van der Waals surface area contributed by atoms with Crippen LogP contribution in [0, 0.1) is 0 Å². The molecule has 0 radical (unpaired) electrons. The van der Waals surface area contributed by atoms with E-state index in [9.17, 15) is 0 Å². The monoisotopic (exact) mass is 183 g/mol. The van der Waals surface area contributed by atoms with Gasteiger partial charge in [0.15, 0.2) is 0 Å². The van der Waals surface area contributed by atoms with Crippen molar-refractivity contribution in [3.05, 3.63) is 18.7 Å². The molecule has 74 valence electrons. The van der Waals surface area contributed by atoms with Gasteiger partial charge in [-0.15, -0.1) is 0 Å². The van der Waals surface area contributed by atoms with Crippen molar-refractivity contribution in [3.63, 3.8) is 0 Å². The molecule has 0 aromatic carbocycles. The Hall–Kier alpha value is -0.870. The second-order valence-electron chi connectivity index (χ2n) is 3.09. The molecule has 13 heavy (non-hydrogen) atoms. The van der Waals surface area contributed by atoms with Crippen molar-refractivity contribution in [3.8, 4) is 0 Å². The Kier molecular flexibility index (Phi) is 4.49. The third kappa shape index (κ3) is 3.57. The predicted octanol–water partition coefficient (Wildman–Crippen LogP) is 0.244. The third-order valence-electron chi connectivity index (χ3n) is 1.89. The van der Waals surface area contributed by atoms with Crippen LogP contribution >= 0.6 is 0 Å². The molecule has 0 amide bonds. The number of rotatable bonds is 6. The Morgan fingerprint density at radius 2 is 2.46 bits per heavy atom. The molecule has 1 atom stereocenters. The average molecular weight is 183 g/mol. The van der Waals surface area contributed by atoms with E-state index in [1.165, 1.54) is 0 Å². The minimum Gasteiger partial charge on any atom is -0.395 e. The zero-order chi connectivity index (χ0) is 9.52. The average Bonchev–Trinajstić information content (AvgIpc) is 2.64. The minimum absolute atomic E-state index is 0.133. The molecule has 0 saturated carbocycles. The van der Waals surface area contributed by atoms with Gasteiger partial charge < -0.3 is 15.0 Å². The lowest BCUT2D eigenvalue weighted by Gasteiger charge is -2.15. The lowest BCUT2D eigenvalue weighted by molar-refractivity contribution is 0.229. The molecule has 1 aromatic heterocycles. The number of aromatic nitrogens is 2. The molecule has 1 heterocycles. The van der Waals surface area contributed by atoms with E-state index in [1.807, 2.05) is 10.8 Å². The van der Waals surface area contributed by atoms with Gasteiger partial charge in [0.1, 0.15) is 0 Å². The first-order valence-corrected chi connectivity index (χ1v) is 4.66. The SMILES string of the molecule is CCCNC(CO)Cn1ccnc1. The van der Waals surface area contributed by atoms with E-state index in [0.717, 1.165) is 19.5 Å². The van der Waals surface area contributed by atoms with Crippen molar-refractivity contribution in [2.24, 2.45) is 0 Å². The number of hydrogen-bond acceptors (Lipinski definition) is 3. The second-order valence-corrected chi connectivity index (χ2v) is 3.09. The van der Waals surface area contributed by atoms with Gasteiger partial charge in [-0.25, -0.2) is 4.98 Å². The van der Waals surface area contributed by atoms with Crippen molar-refractivity contribution in [2.75, 3.05) is 13.2 Å². The summed E-state index contributed by atoms with van der Waals surface area (Å²) in [5, 5.41) is 12.3. The second kappa shape index (κ2) is 5.72. The standard InChI is InChI=1S/C9H17N3O/c1-2-3-11-9(7-13)6-12-5-4-10-8-12/h4-5,8-9,11,13H,2-3,6-7H2,1H3. The van der Waals surface area contributed by atoms with E-state index in [-0.39, 0.29) is 12.6 Å². The normalized spacial score (nSPS) is 13.1. The Labute approximate surface area is 78.6 Å². The molecule has 0 saturated heterocycles. The number of hydrogen-bond donors (Lipinski definition) is 2. The first-order chi connectivity index (χ1) is 6.36. The van der Waals surface area contributed by atoms with E-state index < -0.39 is 0 Å². The van der Waals surface area contributed by atoms with E-state index >= 15 is 0 Å². The smallest absolute Gasteiger partial charge is 0.0946 e. The lowest BCUT2D eigenvalue weighted by atomic mass is 10.3. The Morgan fingerprint density at radius 1 is 1.62 bits per heavy atom. The summed E-state index contributed by atoms with van der Waals surface area (Å²) in [6, 6.07) is 0.133. The molecule has 0 aliphatic heterocycles. The van der Waals surface area contributed by atoms with Crippen molar-refractivity contribution >= 4 is 0 Å². The lowest BCUT2D eigenvalue weighted by Crippen LogP contribution is -2.36. The quantitative estimate of drug-likeness (QED) is 0.664. The van der Waals surface area contributed by atoms with E-state index in [2.05, 4.69) is 17.2 Å². The number of aliphatic hydroxyl groups excluding tert-OH is 1. The Morgan fingerprint density at radius 3 is 3.00 bits per heavy atom. The van der Waals surface area contributed by atoms with Crippen LogP contribution in [0.3, 0.4) is 0 Å². The Balaban J connectivity index is 2.31. The van der Waals surface area contributed by atoms with E-state index in [1.54, 1.807) is 12.5 Å². The number of aliphatic hydroxyl groups is 1. The van der Waals surface area contributed by atoms with Crippen LogP contribution in [0.25, 0.3) is 0 Å². The fourth-order valence-electron chi connectivity index (χ4n) is 1.18. The summed E-state index contributed by atoms with van der Waals surface area (Å²) in [5.74, 6) is 0. The zero-order valence-electron chi connectivity index (χ0n) is 7.98. The summed E-state index contributed by atoms with van der Waals surface area (Å²) >= 11 is 0. The van der Waals surface area contributed by atoms with Gasteiger partial charge in [0.05, 0.1) is 12.9 Å². The van der Waals surface area contributed by atoms with Gasteiger partial charge >= 0.3 is 0 Å².